The third-order valence-corrected chi connectivity index (χ3v) is 12.2. The molecule has 0 spiro atoms. The highest BCUT2D eigenvalue weighted by Gasteiger charge is 2.27. The van der Waals surface area contributed by atoms with Crippen LogP contribution >= 0.6 is 7.82 Å². The van der Waals surface area contributed by atoms with Crippen LogP contribution in [0.15, 0.2) is 36.5 Å². The predicted molar refractivity (Wildman–Crippen MR) is 261 cm³/mol. The van der Waals surface area contributed by atoms with E-state index in [-0.39, 0.29) is 25.6 Å². The lowest BCUT2D eigenvalue weighted by Crippen LogP contribution is -2.37. The summed E-state index contributed by atoms with van der Waals surface area (Å²) in [6.07, 6.45) is 52.0. The van der Waals surface area contributed by atoms with Crippen LogP contribution in [-0.2, 0) is 32.7 Å². The van der Waals surface area contributed by atoms with Crippen LogP contribution < -0.4 is 0 Å². The van der Waals surface area contributed by atoms with Crippen molar-refractivity contribution in [2.75, 3.05) is 47.5 Å². The molecule has 0 aromatic heterocycles. The number of phosphoric ester groups is 1. The maximum Gasteiger partial charge on any atom is 0.472 e. The molecular weight excluding hydrogens is 798 g/mol. The first kappa shape index (κ1) is 60.2. The molecule has 0 aliphatic rings. The number of carbonyl (C=O) groups excluding carboxylic acids is 2. The highest BCUT2D eigenvalue weighted by molar-refractivity contribution is 7.47. The molecule has 0 aliphatic carbocycles. The van der Waals surface area contributed by atoms with Crippen molar-refractivity contribution in [2.24, 2.45) is 0 Å². The van der Waals surface area contributed by atoms with Gasteiger partial charge in [-0.3, -0.25) is 18.6 Å². The molecule has 0 rings (SSSR count). The van der Waals surface area contributed by atoms with Gasteiger partial charge in [-0.05, 0) is 51.4 Å². The van der Waals surface area contributed by atoms with Gasteiger partial charge in [0.05, 0.1) is 27.7 Å². The molecule has 9 nitrogen and oxygen atoms in total. The zero-order valence-corrected chi connectivity index (χ0v) is 42.0. The summed E-state index contributed by atoms with van der Waals surface area (Å²) in [6.45, 7) is 4.42. The van der Waals surface area contributed by atoms with Crippen LogP contribution in [0.4, 0.5) is 0 Å². The van der Waals surface area contributed by atoms with Crippen molar-refractivity contribution < 1.29 is 42.1 Å². The van der Waals surface area contributed by atoms with E-state index in [9.17, 15) is 19.0 Å². The molecule has 1 N–H and O–H groups in total. The minimum Gasteiger partial charge on any atom is -0.462 e. The molecule has 0 fully saturated rings. The molecule has 2 atom stereocenters. The third-order valence-electron chi connectivity index (χ3n) is 11.2. The molecule has 0 amide bonds. The van der Waals surface area contributed by atoms with Gasteiger partial charge in [-0.15, -0.1) is 0 Å². The SMILES string of the molecule is CCCCCCC/C=C\C/C=C\C/C=C\CCCCCCCCCCCCCCC(=O)OC(COC(=O)CCCCCCCCCCCCC)COP(=O)(O)OCC[N+](C)(C)C. The van der Waals surface area contributed by atoms with Crippen molar-refractivity contribution in [2.45, 2.75) is 238 Å². The first-order valence-electron chi connectivity index (χ1n) is 25.7. The summed E-state index contributed by atoms with van der Waals surface area (Å²) in [5, 5.41) is 0. The Labute approximate surface area is 382 Å². The zero-order valence-electron chi connectivity index (χ0n) is 41.1. The van der Waals surface area contributed by atoms with Gasteiger partial charge >= 0.3 is 19.8 Å². The zero-order chi connectivity index (χ0) is 45.7. The molecule has 0 bridgehead atoms. The Morgan fingerprint density at radius 3 is 1.29 bits per heavy atom. The van der Waals surface area contributed by atoms with Crippen molar-refractivity contribution in [1.29, 1.82) is 0 Å². The number of allylic oxidation sites excluding steroid dienone is 6. The first-order chi connectivity index (χ1) is 30.0. The van der Waals surface area contributed by atoms with Crippen molar-refractivity contribution in [3.05, 3.63) is 36.5 Å². The smallest absolute Gasteiger partial charge is 0.462 e. The van der Waals surface area contributed by atoms with Crippen LogP contribution in [0.3, 0.4) is 0 Å². The maximum atomic E-state index is 12.7. The number of hydrogen-bond donors (Lipinski definition) is 1. The Balaban J connectivity index is 4.13. The highest BCUT2D eigenvalue weighted by Crippen LogP contribution is 2.43. The van der Waals surface area contributed by atoms with Gasteiger partial charge in [0, 0.05) is 12.8 Å². The van der Waals surface area contributed by atoms with Gasteiger partial charge in [0.15, 0.2) is 6.10 Å². The van der Waals surface area contributed by atoms with E-state index >= 15 is 0 Å². The predicted octanol–water partition coefficient (Wildman–Crippen LogP) is 15.3. The normalized spacial score (nSPS) is 13.7. The lowest BCUT2D eigenvalue weighted by atomic mass is 10.0. The number of unbranched alkanes of at least 4 members (excludes halogenated alkanes) is 27. The topological polar surface area (TPSA) is 108 Å². The van der Waals surface area contributed by atoms with Gasteiger partial charge in [-0.25, -0.2) is 4.57 Å². The van der Waals surface area contributed by atoms with Crippen LogP contribution in [0, 0.1) is 0 Å². The second-order valence-electron chi connectivity index (χ2n) is 18.6. The van der Waals surface area contributed by atoms with Crippen molar-refractivity contribution in [3.63, 3.8) is 0 Å². The van der Waals surface area contributed by atoms with Crippen molar-refractivity contribution in [3.8, 4) is 0 Å². The summed E-state index contributed by atoms with van der Waals surface area (Å²) in [7, 11) is 1.48. The molecule has 364 valence electrons. The lowest BCUT2D eigenvalue weighted by molar-refractivity contribution is -0.870. The van der Waals surface area contributed by atoms with Gasteiger partial charge in [0.1, 0.15) is 19.8 Å². The standard InChI is InChI=1S/C52H98NO8P/c1-6-8-10-12-14-16-18-19-20-21-22-23-24-25-26-27-28-29-30-31-32-33-35-37-39-41-43-45-52(55)61-50(49-60-62(56,57)59-47-46-53(3,4)5)48-58-51(54)44-42-40-38-36-34-17-15-13-11-9-7-2/h18-19,21-22,24-25,50H,6-17,20,23,26-49H2,1-5H3/p+1/b19-18-,22-21-,25-24-. The number of phosphoric acid groups is 1. The fourth-order valence-electron chi connectivity index (χ4n) is 7.14. The van der Waals surface area contributed by atoms with Gasteiger partial charge in [0.2, 0.25) is 0 Å². The van der Waals surface area contributed by atoms with Crippen LogP contribution in [0.1, 0.15) is 232 Å². The fraction of sp³-hybridized carbons (Fsp3) is 0.846. The van der Waals surface area contributed by atoms with E-state index in [1.54, 1.807) is 0 Å². The lowest BCUT2D eigenvalue weighted by Gasteiger charge is -2.24. The Morgan fingerprint density at radius 1 is 0.500 bits per heavy atom. The molecule has 0 saturated heterocycles. The van der Waals surface area contributed by atoms with Crippen molar-refractivity contribution >= 4 is 19.8 Å². The molecule has 0 heterocycles. The van der Waals surface area contributed by atoms with Crippen LogP contribution in [0.5, 0.6) is 0 Å². The Hall–Kier alpha value is -1.77. The molecular formula is C52H99NO8P+. The number of quaternary nitrogens is 1. The fourth-order valence-corrected chi connectivity index (χ4v) is 7.88. The first-order valence-corrected chi connectivity index (χ1v) is 27.2. The van der Waals surface area contributed by atoms with Crippen molar-refractivity contribution in [1.82, 2.24) is 0 Å². The summed E-state index contributed by atoms with van der Waals surface area (Å²) < 4.78 is 34.4. The number of hydrogen-bond acceptors (Lipinski definition) is 7. The molecule has 2 unspecified atom stereocenters. The maximum absolute atomic E-state index is 12.7. The summed E-state index contributed by atoms with van der Waals surface area (Å²) in [4.78, 5) is 35.4. The summed E-state index contributed by atoms with van der Waals surface area (Å²) in [5.74, 6) is -0.794. The Bertz CT molecular complexity index is 1150. The second-order valence-corrected chi connectivity index (χ2v) is 20.0. The third kappa shape index (κ3) is 47.7. The number of esters is 2. The number of nitrogens with zero attached hydrogens (tertiary/aromatic N) is 1. The van der Waals surface area contributed by atoms with E-state index in [0.29, 0.717) is 23.9 Å². The molecule has 0 aromatic rings. The number of carbonyl (C=O) groups is 2. The average Bonchev–Trinajstić information content (AvgIpc) is 3.23. The van der Waals surface area contributed by atoms with Crippen LogP contribution in [0.2, 0.25) is 0 Å². The average molecular weight is 897 g/mol. The number of likely N-dealkylation sites (N-methyl/N-ethyl adjacent to an activating group) is 1. The van der Waals surface area contributed by atoms with E-state index in [0.717, 1.165) is 51.4 Å². The Morgan fingerprint density at radius 2 is 0.871 bits per heavy atom. The quantitative estimate of drug-likeness (QED) is 0.0212. The van der Waals surface area contributed by atoms with Gasteiger partial charge in [0.25, 0.3) is 0 Å². The van der Waals surface area contributed by atoms with E-state index < -0.39 is 26.5 Å². The van der Waals surface area contributed by atoms with Crippen LogP contribution in [-0.4, -0.2) is 74.9 Å². The van der Waals surface area contributed by atoms with E-state index in [4.69, 9.17) is 18.5 Å². The summed E-state index contributed by atoms with van der Waals surface area (Å²) >= 11 is 0. The molecule has 0 saturated carbocycles. The van der Waals surface area contributed by atoms with E-state index in [2.05, 4.69) is 50.3 Å². The van der Waals surface area contributed by atoms with Gasteiger partial charge < -0.3 is 18.9 Å². The minimum absolute atomic E-state index is 0.0326. The summed E-state index contributed by atoms with van der Waals surface area (Å²) in [5.41, 5.74) is 0. The minimum atomic E-state index is -4.37. The van der Waals surface area contributed by atoms with Gasteiger partial charge in [-0.1, -0.05) is 204 Å². The second kappa shape index (κ2) is 44.4. The Kier molecular flexibility index (Phi) is 43.2. The monoisotopic (exact) mass is 897 g/mol. The molecule has 0 aromatic carbocycles. The van der Waals surface area contributed by atoms with E-state index in [1.165, 1.54) is 148 Å². The van der Waals surface area contributed by atoms with Gasteiger partial charge in [-0.2, -0.15) is 0 Å². The molecule has 10 heteroatoms. The number of rotatable bonds is 47. The highest BCUT2D eigenvalue weighted by atomic mass is 31.2. The molecule has 62 heavy (non-hydrogen) atoms. The molecule has 0 radical (unpaired) electrons. The van der Waals surface area contributed by atoms with Crippen LogP contribution in [0.25, 0.3) is 0 Å². The largest absolute Gasteiger partial charge is 0.472 e. The van der Waals surface area contributed by atoms with E-state index in [1.807, 2.05) is 21.1 Å². The summed E-state index contributed by atoms with van der Waals surface area (Å²) in [6, 6.07) is 0. The molecule has 0 aliphatic heterocycles. The number of ether oxygens (including phenoxy) is 2.